The number of aromatic nitrogens is 1. The molecule has 1 nitrogen and oxygen atoms in total. The summed E-state index contributed by atoms with van der Waals surface area (Å²) in [5.74, 6) is 0.474. The summed E-state index contributed by atoms with van der Waals surface area (Å²) in [4.78, 5) is 4.71. The Morgan fingerprint density at radius 2 is 1.71 bits per heavy atom. The molecule has 1 heteroatoms. The molecule has 0 saturated heterocycles. The maximum atomic E-state index is 4.71. The Labute approximate surface area is 104 Å². The Balaban J connectivity index is 2.45. The van der Waals surface area contributed by atoms with Crippen molar-refractivity contribution in [3.63, 3.8) is 0 Å². The SMILES string of the molecule is Cc1ccc(-c2cccc(C(C)C)n2)cc1C. The summed E-state index contributed by atoms with van der Waals surface area (Å²) in [5.41, 5.74) is 6.07. The largest absolute Gasteiger partial charge is 0.253 e. The fourth-order valence-corrected chi connectivity index (χ4v) is 1.83. The minimum atomic E-state index is 0.474. The quantitative estimate of drug-likeness (QED) is 0.734. The molecule has 0 bridgehead atoms. The van der Waals surface area contributed by atoms with E-state index in [0.717, 1.165) is 11.4 Å². The molecule has 0 amide bonds. The van der Waals surface area contributed by atoms with Crippen LogP contribution in [0.1, 0.15) is 36.6 Å². The van der Waals surface area contributed by atoms with Crippen molar-refractivity contribution >= 4 is 0 Å². The van der Waals surface area contributed by atoms with E-state index in [1.807, 2.05) is 0 Å². The number of rotatable bonds is 2. The van der Waals surface area contributed by atoms with E-state index in [-0.39, 0.29) is 0 Å². The van der Waals surface area contributed by atoms with Crippen LogP contribution in [0.4, 0.5) is 0 Å². The number of aryl methyl sites for hydroxylation is 2. The van der Waals surface area contributed by atoms with Crippen LogP contribution in [-0.4, -0.2) is 4.98 Å². The third-order valence-electron chi connectivity index (χ3n) is 3.16. The standard InChI is InChI=1S/C16H19N/c1-11(2)15-6-5-7-16(17-15)14-9-8-12(3)13(4)10-14/h5-11H,1-4H3. The highest BCUT2D eigenvalue weighted by atomic mass is 14.7. The predicted molar refractivity (Wildman–Crippen MR) is 73.2 cm³/mol. The summed E-state index contributed by atoms with van der Waals surface area (Å²) < 4.78 is 0. The van der Waals surface area contributed by atoms with Crippen LogP contribution >= 0.6 is 0 Å². The van der Waals surface area contributed by atoms with Crippen molar-refractivity contribution in [3.05, 3.63) is 53.2 Å². The Morgan fingerprint density at radius 1 is 0.941 bits per heavy atom. The highest BCUT2D eigenvalue weighted by molar-refractivity contribution is 5.61. The van der Waals surface area contributed by atoms with Gasteiger partial charge in [0.1, 0.15) is 0 Å². The second-order valence-electron chi connectivity index (χ2n) is 4.90. The molecule has 0 spiro atoms. The summed E-state index contributed by atoms with van der Waals surface area (Å²) in [5, 5.41) is 0. The first-order valence-corrected chi connectivity index (χ1v) is 6.12. The van der Waals surface area contributed by atoms with Gasteiger partial charge < -0.3 is 0 Å². The van der Waals surface area contributed by atoms with Gasteiger partial charge in [-0.2, -0.15) is 0 Å². The lowest BCUT2D eigenvalue weighted by molar-refractivity contribution is 0.824. The monoisotopic (exact) mass is 225 g/mol. The second kappa shape index (κ2) is 4.70. The Bertz CT molecular complexity index is 527. The Morgan fingerprint density at radius 3 is 2.35 bits per heavy atom. The summed E-state index contributed by atoms with van der Waals surface area (Å²) >= 11 is 0. The molecule has 0 fully saturated rings. The van der Waals surface area contributed by atoms with E-state index >= 15 is 0 Å². The minimum absolute atomic E-state index is 0.474. The predicted octanol–water partition coefficient (Wildman–Crippen LogP) is 4.49. The van der Waals surface area contributed by atoms with Gasteiger partial charge in [-0.3, -0.25) is 4.98 Å². The first-order chi connectivity index (χ1) is 8.08. The van der Waals surface area contributed by atoms with Crippen LogP contribution in [0, 0.1) is 13.8 Å². The maximum absolute atomic E-state index is 4.71. The van der Waals surface area contributed by atoms with Gasteiger partial charge in [0.2, 0.25) is 0 Å². The maximum Gasteiger partial charge on any atom is 0.0705 e. The lowest BCUT2D eigenvalue weighted by atomic mass is 10.0. The minimum Gasteiger partial charge on any atom is -0.253 e. The highest BCUT2D eigenvalue weighted by Gasteiger charge is 2.04. The third-order valence-corrected chi connectivity index (χ3v) is 3.16. The van der Waals surface area contributed by atoms with Gasteiger partial charge >= 0.3 is 0 Å². The van der Waals surface area contributed by atoms with Gasteiger partial charge in [-0.1, -0.05) is 32.0 Å². The number of hydrogen-bond donors (Lipinski definition) is 0. The molecule has 1 aromatic carbocycles. The first-order valence-electron chi connectivity index (χ1n) is 6.12. The lowest BCUT2D eigenvalue weighted by Gasteiger charge is -2.08. The molecule has 0 N–H and O–H groups in total. The van der Waals surface area contributed by atoms with Gasteiger partial charge in [-0.15, -0.1) is 0 Å². The Hall–Kier alpha value is -1.63. The zero-order chi connectivity index (χ0) is 12.4. The van der Waals surface area contributed by atoms with Crippen molar-refractivity contribution in [1.29, 1.82) is 0 Å². The normalized spacial score (nSPS) is 10.9. The van der Waals surface area contributed by atoms with Gasteiger partial charge in [0.25, 0.3) is 0 Å². The molecule has 0 atom stereocenters. The third kappa shape index (κ3) is 2.55. The zero-order valence-electron chi connectivity index (χ0n) is 11.0. The number of nitrogens with zero attached hydrogens (tertiary/aromatic N) is 1. The molecule has 2 aromatic rings. The van der Waals surface area contributed by atoms with E-state index in [1.54, 1.807) is 0 Å². The van der Waals surface area contributed by atoms with Crippen LogP contribution in [-0.2, 0) is 0 Å². The molecule has 17 heavy (non-hydrogen) atoms. The van der Waals surface area contributed by atoms with Crippen molar-refractivity contribution in [3.8, 4) is 11.3 Å². The van der Waals surface area contributed by atoms with Gasteiger partial charge in [0, 0.05) is 11.3 Å². The fourth-order valence-electron chi connectivity index (χ4n) is 1.83. The van der Waals surface area contributed by atoms with Crippen molar-refractivity contribution in [1.82, 2.24) is 4.98 Å². The van der Waals surface area contributed by atoms with Crippen LogP contribution in [0.2, 0.25) is 0 Å². The van der Waals surface area contributed by atoms with E-state index in [2.05, 4.69) is 64.1 Å². The lowest BCUT2D eigenvalue weighted by Crippen LogP contribution is -1.94. The van der Waals surface area contributed by atoms with Crippen molar-refractivity contribution in [2.75, 3.05) is 0 Å². The van der Waals surface area contributed by atoms with Gasteiger partial charge in [0.05, 0.1) is 5.69 Å². The second-order valence-corrected chi connectivity index (χ2v) is 4.90. The molecule has 0 aliphatic rings. The van der Waals surface area contributed by atoms with Crippen LogP contribution in [0.15, 0.2) is 36.4 Å². The Kier molecular flexibility index (Phi) is 3.28. The van der Waals surface area contributed by atoms with E-state index in [4.69, 9.17) is 4.98 Å². The number of hydrogen-bond acceptors (Lipinski definition) is 1. The summed E-state index contributed by atoms with van der Waals surface area (Å²) in [6.07, 6.45) is 0. The molecule has 0 saturated carbocycles. The van der Waals surface area contributed by atoms with Crippen molar-refractivity contribution < 1.29 is 0 Å². The van der Waals surface area contributed by atoms with Crippen molar-refractivity contribution in [2.45, 2.75) is 33.6 Å². The average molecular weight is 225 g/mol. The first kappa shape index (κ1) is 11.8. The molecule has 0 aliphatic carbocycles. The average Bonchev–Trinajstić information content (AvgIpc) is 2.33. The molecule has 0 unspecified atom stereocenters. The molecule has 2 rings (SSSR count). The summed E-state index contributed by atoms with van der Waals surface area (Å²) in [6, 6.07) is 12.8. The number of pyridine rings is 1. The molecule has 0 radical (unpaired) electrons. The highest BCUT2D eigenvalue weighted by Crippen LogP contribution is 2.22. The van der Waals surface area contributed by atoms with Crippen LogP contribution < -0.4 is 0 Å². The molecular weight excluding hydrogens is 206 g/mol. The van der Waals surface area contributed by atoms with E-state index < -0.39 is 0 Å². The summed E-state index contributed by atoms with van der Waals surface area (Å²) in [6.45, 7) is 8.63. The number of benzene rings is 1. The molecule has 1 heterocycles. The topological polar surface area (TPSA) is 12.9 Å². The summed E-state index contributed by atoms with van der Waals surface area (Å²) in [7, 11) is 0. The van der Waals surface area contributed by atoms with Gasteiger partial charge in [0.15, 0.2) is 0 Å². The van der Waals surface area contributed by atoms with E-state index in [0.29, 0.717) is 5.92 Å². The van der Waals surface area contributed by atoms with E-state index in [9.17, 15) is 0 Å². The van der Waals surface area contributed by atoms with Crippen LogP contribution in [0.25, 0.3) is 11.3 Å². The van der Waals surface area contributed by atoms with E-state index in [1.165, 1.54) is 16.7 Å². The smallest absolute Gasteiger partial charge is 0.0705 e. The molecular formula is C16H19N. The molecule has 0 aliphatic heterocycles. The molecule has 88 valence electrons. The van der Waals surface area contributed by atoms with Crippen LogP contribution in [0.3, 0.4) is 0 Å². The van der Waals surface area contributed by atoms with Crippen LogP contribution in [0.5, 0.6) is 0 Å². The fraction of sp³-hybridized carbons (Fsp3) is 0.312. The van der Waals surface area contributed by atoms with Crippen molar-refractivity contribution in [2.24, 2.45) is 0 Å². The zero-order valence-corrected chi connectivity index (χ0v) is 11.0. The molecule has 1 aromatic heterocycles. The van der Waals surface area contributed by atoms with Gasteiger partial charge in [-0.05, 0) is 49.1 Å². The van der Waals surface area contributed by atoms with Gasteiger partial charge in [-0.25, -0.2) is 0 Å².